The van der Waals surface area contributed by atoms with Gasteiger partial charge < -0.3 is 40.2 Å². The van der Waals surface area contributed by atoms with Crippen LogP contribution >= 0.6 is 0 Å². The minimum atomic E-state index is -0.191. The van der Waals surface area contributed by atoms with Gasteiger partial charge in [0, 0.05) is 74.0 Å². The van der Waals surface area contributed by atoms with E-state index in [1.165, 1.54) is 50.7 Å². The fourth-order valence-corrected chi connectivity index (χ4v) is 11.9. The molecule has 8 bridgehead atoms. The molecule has 0 aliphatic carbocycles. The van der Waals surface area contributed by atoms with Crippen LogP contribution in [0.4, 0.5) is 0 Å². The number of ether oxygens (including phenoxy) is 4. The number of fused-ring (bicyclic) bond motifs is 8. The highest BCUT2D eigenvalue weighted by Gasteiger charge is 2.49. The predicted octanol–water partition coefficient (Wildman–Crippen LogP) is 5.43. The summed E-state index contributed by atoms with van der Waals surface area (Å²) in [4.78, 5) is 50.2. The molecule has 0 amide bonds. The van der Waals surface area contributed by atoms with Crippen LogP contribution in [0.15, 0.2) is 22.3 Å². The van der Waals surface area contributed by atoms with Gasteiger partial charge in [0.05, 0.1) is 28.4 Å². The fraction of sp³-hybridized carbons (Fsp3) is 0.818. The molecule has 56 heavy (non-hydrogen) atoms. The van der Waals surface area contributed by atoms with Crippen molar-refractivity contribution < 1.29 is 38.1 Å². The van der Waals surface area contributed by atoms with Crippen molar-refractivity contribution >= 4 is 23.9 Å². The molecule has 0 spiro atoms. The first-order chi connectivity index (χ1) is 27.0. The summed E-state index contributed by atoms with van der Waals surface area (Å²) in [7, 11) is 5.86. The number of hydrogen-bond acceptors (Lipinski definition) is 12. The number of methoxy groups -OCH3 is 4. The second kappa shape index (κ2) is 20.8. The Labute approximate surface area is 335 Å². The van der Waals surface area contributed by atoms with Crippen LogP contribution in [0.2, 0.25) is 0 Å². The van der Waals surface area contributed by atoms with Crippen LogP contribution in [-0.2, 0) is 38.1 Å². The summed E-state index contributed by atoms with van der Waals surface area (Å²) in [6, 6.07) is 1.32. The Balaban J connectivity index is 1.58. The first kappa shape index (κ1) is 44.3. The van der Waals surface area contributed by atoms with Gasteiger partial charge >= 0.3 is 23.9 Å². The molecule has 0 radical (unpaired) electrons. The van der Waals surface area contributed by atoms with E-state index in [0.717, 1.165) is 64.2 Å². The molecule has 5 rings (SSSR count). The van der Waals surface area contributed by atoms with E-state index in [9.17, 15) is 19.2 Å². The number of rotatable bonds is 16. The minimum Gasteiger partial charge on any atom is -0.469 e. The highest BCUT2D eigenvalue weighted by Crippen LogP contribution is 2.45. The maximum absolute atomic E-state index is 12.6. The third-order valence-corrected chi connectivity index (χ3v) is 14.5. The Morgan fingerprint density at radius 2 is 0.750 bits per heavy atom. The Hall–Kier alpha value is -2.80. The van der Waals surface area contributed by atoms with Gasteiger partial charge in [-0.3, -0.25) is 19.2 Å². The van der Waals surface area contributed by atoms with Gasteiger partial charge in [0.1, 0.15) is 0 Å². The quantitative estimate of drug-likeness (QED) is 0.0897. The molecule has 3 saturated heterocycles. The molecule has 4 N–H and O–H groups in total. The molecule has 5 aliphatic heterocycles. The van der Waals surface area contributed by atoms with E-state index < -0.39 is 0 Å². The van der Waals surface area contributed by atoms with Crippen LogP contribution in [0.1, 0.15) is 130 Å². The first-order valence-electron chi connectivity index (χ1n) is 21.8. The Bertz CT molecular complexity index is 1340. The van der Waals surface area contributed by atoms with E-state index in [1.54, 1.807) is 0 Å². The largest absolute Gasteiger partial charge is 0.469 e. The van der Waals surface area contributed by atoms with Gasteiger partial charge in [-0.1, -0.05) is 62.8 Å². The topological polar surface area (TPSA) is 153 Å². The van der Waals surface area contributed by atoms with Crippen LogP contribution in [0.25, 0.3) is 0 Å². The fourth-order valence-electron chi connectivity index (χ4n) is 11.9. The van der Waals surface area contributed by atoms with Crippen LogP contribution < -0.4 is 21.3 Å². The Morgan fingerprint density at radius 1 is 0.446 bits per heavy atom. The summed E-state index contributed by atoms with van der Waals surface area (Å²) in [5.74, 6) is 0.594. The van der Waals surface area contributed by atoms with Gasteiger partial charge in [0.15, 0.2) is 0 Å². The number of carbonyl (C=O) groups is 4. The molecule has 3 fully saturated rings. The highest BCUT2D eigenvalue weighted by atomic mass is 16.5. The standard InChI is InChI=1S/C44H72N4O8/c1-9-25-29(13-17-41(49)53-5)37-22-34-27(11-3)31(15-19-43(51)55-7)39(47-34)24-36-28(12-4)32(16-20-44(52)56-8)40(48-36)23-35-26(10-2)30(14-18-42(50)54-6)38(46-35)21-33(25)45-37/h25,28-29,32-40,45-48H,9-24H2,1-8H3. The average molecular weight is 785 g/mol. The SMILES string of the molecule is CCC1=C(CCC(=O)OC)C2CC3NC(CC4NC(CC5NC(CC1N2)C(CCC(=O)OC)C5CC)C(CCC(=O)OC)=C4CC)C(CCC(=O)OC)C3CC. The summed E-state index contributed by atoms with van der Waals surface area (Å²) >= 11 is 0. The Kier molecular flexibility index (Phi) is 16.4. The van der Waals surface area contributed by atoms with Gasteiger partial charge in [0.2, 0.25) is 0 Å². The molecular formula is C44H72N4O8. The van der Waals surface area contributed by atoms with Gasteiger partial charge in [-0.05, 0) is 87.9 Å². The smallest absolute Gasteiger partial charge is 0.305 e. The second-order valence-corrected chi connectivity index (χ2v) is 16.9. The molecule has 0 saturated carbocycles. The zero-order valence-electron chi connectivity index (χ0n) is 35.5. The normalized spacial score (nSPS) is 34.1. The third-order valence-electron chi connectivity index (χ3n) is 14.5. The maximum Gasteiger partial charge on any atom is 0.305 e. The lowest BCUT2D eigenvalue weighted by molar-refractivity contribution is -0.141. The predicted molar refractivity (Wildman–Crippen MR) is 215 cm³/mol. The molecule has 12 nitrogen and oxygen atoms in total. The summed E-state index contributed by atoms with van der Waals surface area (Å²) in [6.45, 7) is 9.02. The van der Waals surface area contributed by atoms with Crippen LogP contribution in [0.3, 0.4) is 0 Å². The first-order valence-corrected chi connectivity index (χ1v) is 21.8. The number of hydrogen-bond donors (Lipinski definition) is 4. The van der Waals surface area contributed by atoms with Crippen LogP contribution in [0.5, 0.6) is 0 Å². The molecule has 0 aromatic heterocycles. The molecule has 12 heteroatoms. The lowest BCUT2D eigenvalue weighted by Gasteiger charge is -2.29. The van der Waals surface area contributed by atoms with E-state index in [4.69, 9.17) is 18.9 Å². The zero-order chi connectivity index (χ0) is 40.5. The van der Waals surface area contributed by atoms with Gasteiger partial charge in [0.25, 0.3) is 0 Å². The van der Waals surface area contributed by atoms with E-state index in [1.807, 2.05) is 0 Å². The van der Waals surface area contributed by atoms with Gasteiger partial charge in [-0.25, -0.2) is 0 Å². The van der Waals surface area contributed by atoms with Crippen molar-refractivity contribution in [3.63, 3.8) is 0 Å². The molecule has 5 heterocycles. The zero-order valence-corrected chi connectivity index (χ0v) is 35.5. The van der Waals surface area contributed by atoms with Crippen molar-refractivity contribution in [1.29, 1.82) is 0 Å². The van der Waals surface area contributed by atoms with E-state index in [0.29, 0.717) is 62.2 Å². The lowest BCUT2D eigenvalue weighted by atomic mass is 9.77. The van der Waals surface area contributed by atoms with Crippen molar-refractivity contribution in [3.8, 4) is 0 Å². The van der Waals surface area contributed by atoms with Crippen molar-refractivity contribution in [1.82, 2.24) is 21.3 Å². The number of esters is 4. The lowest BCUT2D eigenvalue weighted by Crippen LogP contribution is -2.46. The molecule has 316 valence electrons. The van der Waals surface area contributed by atoms with E-state index in [2.05, 4.69) is 49.0 Å². The summed E-state index contributed by atoms with van der Waals surface area (Å²) < 4.78 is 20.5. The Morgan fingerprint density at radius 3 is 1.05 bits per heavy atom. The van der Waals surface area contributed by atoms with Crippen molar-refractivity contribution in [3.05, 3.63) is 22.3 Å². The highest BCUT2D eigenvalue weighted by molar-refractivity contribution is 5.70. The second-order valence-electron chi connectivity index (χ2n) is 16.9. The molecule has 0 aromatic carbocycles. The number of carbonyl (C=O) groups excluding carboxylic acids is 4. The molecule has 12 unspecified atom stereocenters. The molecule has 12 atom stereocenters. The number of nitrogens with one attached hydrogen (secondary N) is 4. The molecular weight excluding hydrogens is 713 g/mol. The monoisotopic (exact) mass is 785 g/mol. The summed E-state index contributed by atoms with van der Waals surface area (Å²) in [6.07, 6.45) is 11.7. The molecule has 0 aromatic rings. The third kappa shape index (κ3) is 10.1. The van der Waals surface area contributed by atoms with Gasteiger partial charge in [-0.2, -0.15) is 0 Å². The summed E-state index contributed by atoms with van der Waals surface area (Å²) in [5, 5.41) is 16.6. The van der Waals surface area contributed by atoms with Crippen LogP contribution in [-0.4, -0.2) is 101 Å². The minimum absolute atomic E-state index is 0.108. The van der Waals surface area contributed by atoms with E-state index >= 15 is 0 Å². The van der Waals surface area contributed by atoms with Crippen molar-refractivity contribution in [2.75, 3.05) is 28.4 Å². The van der Waals surface area contributed by atoms with E-state index in [-0.39, 0.29) is 72.2 Å². The van der Waals surface area contributed by atoms with Crippen molar-refractivity contribution in [2.45, 2.75) is 179 Å². The molecule has 5 aliphatic rings. The van der Waals surface area contributed by atoms with Gasteiger partial charge in [-0.15, -0.1) is 0 Å². The maximum atomic E-state index is 12.6. The van der Waals surface area contributed by atoms with Crippen molar-refractivity contribution in [2.24, 2.45) is 23.7 Å². The average Bonchev–Trinajstić information content (AvgIpc) is 3.92. The van der Waals surface area contributed by atoms with Crippen LogP contribution in [0, 0.1) is 23.7 Å². The summed E-state index contributed by atoms with van der Waals surface area (Å²) in [5.41, 5.74) is 5.50.